The number of nitrogens with two attached hydrogens (primary N) is 1. The first-order valence-corrected chi connectivity index (χ1v) is 6.05. The molecule has 0 radical (unpaired) electrons. The van der Waals surface area contributed by atoms with E-state index in [4.69, 9.17) is 26.0 Å². The molecule has 0 fully saturated rings. The molecule has 23 heavy (non-hydrogen) atoms. The second-order valence-electron chi connectivity index (χ2n) is 4.19. The molecule has 0 heterocycles. The molecule has 0 aliphatic carbocycles. The van der Waals surface area contributed by atoms with E-state index in [-0.39, 0.29) is 13.1 Å². The molecule has 1 rings (SSSR count). The van der Waals surface area contributed by atoms with Gasteiger partial charge in [-0.05, 0) is 5.56 Å². The number of aliphatic carboxylic acids is 1. The lowest BCUT2D eigenvalue weighted by molar-refractivity contribution is -0.192. The number of rotatable bonds is 4. The Balaban J connectivity index is 0.000000585. The molecule has 1 aromatic carbocycles. The van der Waals surface area contributed by atoms with Gasteiger partial charge in [0, 0.05) is 6.54 Å². The summed E-state index contributed by atoms with van der Waals surface area (Å²) in [4.78, 5) is 20.9. The fraction of sp³-hybridized carbons (Fsp3) is 0.308. The van der Waals surface area contributed by atoms with Crippen LogP contribution in [-0.2, 0) is 11.3 Å². The molecule has 4 N–H and O–H groups in total. The number of carbonyl (C=O) groups is 2. The molecular weight excluding hydrogens is 319 g/mol. The fourth-order valence-corrected chi connectivity index (χ4v) is 1.29. The highest BCUT2D eigenvalue weighted by Crippen LogP contribution is 2.13. The van der Waals surface area contributed by atoms with Crippen LogP contribution in [0.15, 0.2) is 30.3 Å². The zero-order valence-corrected chi connectivity index (χ0v) is 11.7. The predicted molar refractivity (Wildman–Crippen MR) is 72.2 cm³/mol. The summed E-state index contributed by atoms with van der Waals surface area (Å²) in [6.07, 6.45) is -6.16. The molecule has 1 aromatic rings. The van der Waals surface area contributed by atoms with Gasteiger partial charge in [0.15, 0.2) is 0 Å². The fourth-order valence-electron chi connectivity index (χ4n) is 1.29. The van der Waals surface area contributed by atoms with Crippen molar-refractivity contribution in [3.8, 4) is 6.07 Å². The van der Waals surface area contributed by atoms with Gasteiger partial charge in [-0.1, -0.05) is 30.3 Å². The molecule has 1 amide bonds. The first kappa shape index (κ1) is 20.2. The average molecular weight is 333 g/mol. The summed E-state index contributed by atoms with van der Waals surface area (Å²) < 4.78 is 31.7. The van der Waals surface area contributed by atoms with Crippen molar-refractivity contribution in [1.82, 2.24) is 4.90 Å². The van der Waals surface area contributed by atoms with Crippen LogP contribution in [0.2, 0.25) is 0 Å². The van der Waals surface area contributed by atoms with E-state index in [1.54, 1.807) is 0 Å². The van der Waals surface area contributed by atoms with Gasteiger partial charge in [-0.25, -0.2) is 9.59 Å². The summed E-state index contributed by atoms with van der Waals surface area (Å²) in [5, 5.41) is 24.6. The molecule has 0 aliphatic rings. The molecule has 1 atom stereocenters. The van der Waals surface area contributed by atoms with Crippen LogP contribution in [0, 0.1) is 11.3 Å². The topological polar surface area (TPSA) is 128 Å². The minimum absolute atomic E-state index is 0.0146. The van der Waals surface area contributed by atoms with Crippen LogP contribution in [0.3, 0.4) is 0 Å². The van der Waals surface area contributed by atoms with E-state index < -0.39 is 24.3 Å². The van der Waals surface area contributed by atoms with Crippen molar-refractivity contribution in [3.63, 3.8) is 0 Å². The van der Waals surface area contributed by atoms with Crippen molar-refractivity contribution in [1.29, 1.82) is 5.26 Å². The SMILES string of the molecule is N#CC(N)CN(Cc1ccccc1)C(=O)O.O=C(O)C(F)(F)F. The van der Waals surface area contributed by atoms with Gasteiger partial charge in [0.25, 0.3) is 0 Å². The quantitative estimate of drug-likeness (QED) is 0.768. The second-order valence-corrected chi connectivity index (χ2v) is 4.19. The minimum Gasteiger partial charge on any atom is -0.475 e. The largest absolute Gasteiger partial charge is 0.490 e. The molecular formula is C13H14F3N3O4. The van der Waals surface area contributed by atoms with Gasteiger partial charge in [-0.15, -0.1) is 0 Å². The number of hydrogen-bond donors (Lipinski definition) is 3. The first-order chi connectivity index (χ1) is 10.6. The highest BCUT2D eigenvalue weighted by Gasteiger charge is 2.38. The lowest BCUT2D eigenvalue weighted by Crippen LogP contribution is -2.39. The molecule has 0 aromatic heterocycles. The first-order valence-electron chi connectivity index (χ1n) is 6.05. The number of alkyl halides is 3. The van der Waals surface area contributed by atoms with Gasteiger partial charge < -0.3 is 20.8 Å². The number of amides is 1. The third kappa shape index (κ3) is 8.94. The van der Waals surface area contributed by atoms with Crippen molar-refractivity contribution in [2.45, 2.75) is 18.8 Å². The second kappa shape index (κ2) is 9.26. The molecule has 1 unspecified atom stereocenters. The van der Waals surface area contributed by atoms with Gasteiger partial charge in [0.2, 0.25) is 0 Å². The smallest absolute Gasteiger partial charge is 0.475 e. The highest BCUT2D eigenvalue weighted by atomic mass is 19.4. The Hall–Kier alpha value is -2.80. The van der Waals surface area contributed by atoms with E-state index in [0.717, 1.165) is 10.5 Å². The third-order valence-corrected chi connectivity index (χ3v) is 2.31. The Morgan fingerprint density at radius 3 is 2.09 bits per heavy atom. The van der Waals surface area contributed by atoms with Crippen LogP contribution >= 0.6 is 0 Å². The Labute approximate surface area is 129 Å². The van der Waals surface area contributed by atoms with Crippen LogP contribution in [0.5, 0.6) is 0 Å². The van der Waals surface area contributed by atoms with Crippen molar-refractivity contribution >= 4 is 12.1 Å². The van der Waals surface area contributed by atoms with E-state index >= 15 is 0 Å². The monoisotopic (exact) mass is 333 g/mol. The van der Waals surface area contributed by atoms with E-state index in [1.165, 1.54) is 0 Å². The summed E-state index contributed by atoms with van der Waals surface area (Å²) in [7, 11) is 0. The van der Waals surface area contributed by atoms with Crippen LogP contribution < -0.4 is 5.73 Å². The van der Waals surface area contributed by atoms with E-state index in [2.05, 4.69) is 0 Å². The molecule has 0 saturated heterocycles. The number of halogens is 3. The van der Waals surface area contributed by atoms with E-state index in [1.807, 2.05) is 36.4 Å². The maximum Gasteiger partial charge on any atom is 0.490 e. The molecule has 7 nitrogen and oxygen atoms in total. The van der Waals surface area contributed by atoms with Crippen molar-refractivity contribution in [2.24, 2.45) is 5.73 Å². The van der Waals surface area contributed by atoms with Crippen LogP contribution in [0.25, 0.3) is 0 Å². The highest BCUT2D eigenvalue weighted by molar-refractivity contribution is 5.73. The standard InChI is InChI=1S/C11H13N3O2.C2HF3O2/c12-6-10(13)8-14(11(15)16)7-9-4-2-1-3-5-9;3-2(4,5)1(6)7/h1-5,10H,7-8,13H2,(H,15,16);(H,6,7). The van der Waals surface area contributed by atoms with Gasteiger partial charge in [0.05, 0.1) is 12.6 Å². The summed E-state index contributed by atoms with van der Waals surface area (Å²) in [5.41, 5.74) is 6.27. The maximum absolute atomic E-state index is 10.9. The molecule has 0 spiro atoms. The van der Waals surface area contributed by atoms with Gasteiger partial charge in [-0.2, -0.15) is 18.4 Å². The van der Waals surface area contributed by atoms with Crippen LogP contribution in [-0.4, -0.2) is 45.9 Å². The molecule has 126 valence electrons. The Morgan fingerprint density at radius 1 is 1.26 bits per heavy atom. The molecule has 10 heteroatoms. The van der Waals surface area contributed by atoms with E-state index in [9.17, 15) is 18.0 Å². The summed E-state index contributed by atoms with van der Waals surface area (Å²) >= 11 is 0. The molecule has 0 saturated carbocycles. The van der Waals surface area contributed by atoms with Crippen LogP contribution in [0.1, 0.15) is 5.56 Å². The Morgan fingerprint density at radius 2 is 1.74 bits per heavy atom. The Kier molecular flexibility index (Phi) is 8.14. The van der Waals surface area contributed by atoms with E-state index in [0.29, 0.717) is 0 Å². The number of nitrogens with zero attached hydrogens (tertiary/aromatic N) is 2. The van der Waals surface area contributed by atoms with Crippen LogP contribution in [0.4, 0.5) is 18.0 Å². The lowest BCUT2D eigenvalue weighted by atomic mass is 10.2. The van der Waals surface area contributed by atoms with Gasteiger partial charge in [0.1, 0.15) is 6.04 Å². The van der Waals surface area contributed by atoms with Gasteiger partial charge >= 0.3 is 18.2 Å². The number of carboxylic acids is 1. The number of nitriles is 1. The minimum atomic E-state index is -5.08. The third-order valence-electron chi connectivity index (χ3n) is 2.31. The lowest BCUT2D eigenvalue weighted by Gasteiger charge is -2.20. The number of benzene rings is 1. The number of carboxylic acid groups (broad SMARTS) is 2. The van der Waals surface area contributed by atoms with Gasteiger partial charge in [-0.3, -0.25) is 0 Å². The van der Waals surface area contributed by atoms with Crippen molar-refractivity contribution in [3.05, 3.63) is 35.9 Å². The average Bonchev–Trinajstić information content (AvgIpc) is 2.47. The van der Waals surface area contributed by atoms with Crippen molar-refractivity contribution in [2.75, 3.05) is 6.54 Å². The zero-order chi connectivity index (χ0) is 18.0. The molecule has 0 aliphatic heterocycles. The predicted octanol–water partition coefficient (Wildman–Crippen LogP) is 1.65. The summed E-state index contributed by atoms with van der Waals surface area (Å²) in [6, 6.07) is 10.2. The number of hydrogen-bond acceptors (Lipinski definition) is 4. The molecule has 0 bridgehead atoms. The summed E-state index contributed by atoms with van der Waals surface area (Å²) in [5.74, 6) is -2.76. The normalized spacial score (nSPS) is 11.4. The van der Waals surface area contributed by atoms with Crippen molar-refractivity contribution < 1.29 is 33.0 Å². The summed E-state index contributed by atoms with van der Waals surface area (Å²) in [6.45, 7) is 0.256. The Bertz CT molecular complexity index is 558. The maximum atomic E-state index is 10.9. The zero-order valence-electron chi connectivity index (χ0n) is 11.7.